The molecule has 0 atom stereocenters. The molecule has 5 nitrogen and oxygen atoms in total. The number of hydrogen-bond acceptors (Lipinski definition) is 4. The molecule has 1 aromatic rings. The van der Waals surface area contributed by atoms with Crippen molar-refractivity contribution in [2.75, 3.05) is 6.54 Å². The highest BCUT2D eigenvalue weighted by Gasteiger charge is 2.31. The van der Waals surface area contributed by atoms with E-state index in [-0.39, 0.29) is 11.4 Å². The van der Waals surface area contributed by atoms with Crippen LogP contribution < -0.4 is 0 Å². The summed E-state index contributed by atoms with van der Waals surface area (Å²) in [7, 11) is -3.77. The number of hydrogen-bond donors (Lipinski definition) is 0. The molecule has 6 heteroatoms. The van der Waals surface area contributed by atoms with Gasteiger partial charge in [-0.1, -0.05) is 24.1 Å². The van der Waals surface area contributed by atoms with Gasteiger partial charge in [-0.05, 0) is 19.1 Å². The molecule has 0 N–H and O–H groups in total. The Morgan fingerprint density at radius 2 is 1.90 bits per heavy atom. The summed E-state index contributed by atoms with van der Waals surface area (Å²) < 4.78 is 36.6. The van der Waals surface area contributed by atoms with Crippen LogP contribution in [-0.4, -0.2) is 25.1 Å². The van der Waals surface area contributed by atoms with Crippen molar-refractivity contribution in [3.05, 3.63) is 41.9 Å². The summed E-state index contributed by atoms with van der Waals surface area (Å²) in [5, 5.41) is 0. The number of nitrogens with zero attached hydrogens (tertiary/aromatic N) is 1. The first kappa shape index (κ1) is 15.3. The second-order valence-corrected chi connectivity index (χ2v) is 7.02. The molecule has 0 bridgehead atoms. The van der Waals surface area contributed by atoms with Gasteiger partial charge < -0.3 is 9.47 Å². The maximum atomic E-state index is 12.5. The Hall–Kier alpha value is -2.13. The minimum Gasteiger partial charge on any atom is -0.457 e. The van der Waals surface area contributed by atoms with E-state index in [1.165, 1.54) is 18.4 Å². The molecular formula is C15H17NO4S. The molecule has 0 aromatic heterocycles. The second-order valence-electron chi connectivity index (χ2n) is 5.16. The summed E-state index contributed by atoms with van der Waals surface area (Å²) in [4.78, 5) is 0.143. The molecule has 1 aliphatic rings. The van der Waals surface area contributed by atoms with E-state index in [4.69, 9.17) is 15.9 Å². The van der Waals surface area contributed by atoms with Gasteiger partial charge in [-0.2, -0.15) is 0 Å². The summed E-state index contributed by atoms with van der Waals surface area (Å²) in [6.07, 6.45) is 6.73. The molecule has 1 heterocycles. The maximum absolute atomic E-state index is 12.5. The van der Waals surface area contributed by atoms with Crippen molar-refractivity contribution in [1.29, 1.82) is 0 Å². The minimum absolute atomic E-state index is 0.0733. The van der Waals surface area contributed by atoms with Gasteiger partial charge in [0.05, 0.1) is 4.90 Å². The van der Waals surface area contributed by atoms with Crippen molar-refractivity contribution in [3.8, 4) is 12.5 Å². The quantitative estimate of drug-likeness (QED) is 0.632. The topological polar surface area (TPSA) is 55.8 Å². The van der Waals surface area contributed by atoms with E-state index in [0.717, 1.165) is 9.87 Å². The third kappa shape index (κ3) is 3.31. The fraction of sp³-hybridized carbons (Fsp3) is 0.333. The van der Waals surface area contributed by atoms with Gasteiger partial charge in [-0.15, -0.1) is 0 Å². The summed E-state index contributed by atoms with van der Waals surface area (Å²) in [6.45, 7) is 5.26. The van der Waals surface area contributed by atoms with Crippen LogP contribution in [0.3, 0.4) is 0 Å². The first-order chi connectivity index (χ1) is 9.74. The second kappa shape index (κ2) is 5.34. The summed E-state index contributed by atoms with van der Waals surface area (Å²) in [6, 6.07) is 8.68. The summed E-state index contributed by atoms with van der Waals surface area (Å²) >= 11 is 0. The molecule has 0 aliphatic carbocycles. The highest BCUT2D eigenvalue weighted by atomic mass is 32.2. The largest absolute Gasteiger partial charge is 0.457 e. The lowest BCUT2D eigenvalue weighted by Gasteiger charge is -2.21. The number of terminal acetylenes is 1. The minimum atomic E-state index is -3.77. The highest BCUT2D eigenvalue weighted by molar-refractivity contribution is 7.89. The van der Waals surface area contributed by atoms with E-state index < -0.39 is 15.8 Å². The van der Waals surface area contributed by atoms with Gasteiger partial charge in [0, 0.05) is 19.9 Å². The zero-order valence-corrected chi connectivity index (χ0v) is 13.0. The Bertz CT molecular complexity index is 696. The molecule has 0 fully saturated rings. The highest BCUT2D eigenvalue weighted by Crippen LogP contribution is 2.26. The average molecular weight is 307 g/mol. The molecule has 0 saturated heterocycles. The smallest absolute Gasteiger partial charge is 0.271 e. The molecule has 2 rings (SSSR count). The standard InChI is InChI=1S/C15H17NO4S/c1-5-16(10-13-11-19-15(3,4)20-13)21(17,18)14-8-6-12(2)7-9-14/h1,6-9,11H,10H2,2-4H3. The van der Waals surface area contributed by atoms with E-state index in [0.29, 0.717) is 5.76 Å². The fourth-order valence-corrected chi connectivity index (χ4v) is 2.99. The van der Waals surface area contributed by atoms with Crippen LogP contribution >= 0.6 is 0 Å². The van der Waals surface area contributed by atoms with Gasteiger partial charge in [0.25, 0.3) is 10.0 Å². The average Bonchev–Trinajstić information content (AvgIpc) is 2.75. The number of rotatable bonds is 4. The Labute approximate surface area is 125 Å². The van der Waals surface area contributed by atoms with Gasteiger partial charge >= 0.3 is 0 Å². The van der Waals surface area contributed by atoms with Crippen molar-refractivity contribution in [3.63, 3.8) is 0 Å². The van der Waals surface area contributed by atoms with Crippen LogP contribution in [0.15, 0.2) is 41.2 Å². The van der Waals surface area contributed by atoms with Crippen molar-refractivity contribution < 1.29 is 17.9 Å². The molecule has 1 aliphatic heterocycles. The van der Waals surface area contributed by atoms with Crippen LogP contribution in [0.5, 0.6) is 0 Å². The molecule has 0 saturated carbocycles. The molecular weight excluding hydrogens is 290 g/mol. The van der Waals surface area contributed by atoms with E-state index in [2.05, 4.69) is 6.04 Å². The summed E-state index contributed by atoms with van der Waals surface area (Å²) in [5.41, 5.74) is 0.971. The zero-order valence-electron chi connectivity index (χ0n) is 12.2. The Morgan fingerprint density at radius 1 is 1.29 bits per heavy atom. The monoisotopic (exact) mass is 307 g/mol. The van der Waals surface area contributed by atoms with Crippen molar-refractivity contribution in [2.45, 2.75) is 31.5 Å². The first-order valence-electron chi connectivity index (χ1n) is 6.36. The number of ether oxygens (including phenoxy) is 2. The van der Waals surface area contributed by atoms with Crippen molar-refractivity contribution >= 4 is 10.0 Å². The van der Waals surface area contributed by atoms with Gasteiger partial charge in [0.15, 0.2) is 5.76 Å². The van der Waals surface area contributed by atoms with E-state index in [1.807, 2.05) is 6.92 Å². The lowest BCUT2D eigenvalue weighted by atomic mass is 10.2. The van der Waals surface area contributed by atoms with Crippen LogP contribution in [-0.2, 0) is 19.5 Å². The Morgan fingerprint density at radius 3 is 2.38 bits per heavy atom. The van der Waals surface area contributed by atoms with Gasteiger partial charge in [0.2, 0.25) is 5.79 Å². The lowest BCUT2D eigenvalue weighted by molar-refractivity contribution is -0.117. The molecule has 21 heavy (non-hydrogen) atoms. The third-order valence-electron chi connectivity index (χ3n) is 2.90. The maximum Gasteiger partial charge on any atom is 0.271 e. The Balaban J connectivity index is 2.21. The van der Waals surface area contributed by atoms with Crippen molar-refractivity contribution in [2.24, 2.45) is 0 Å². The predicted octanol–water partition coefficient (Wildman–Crippen LogP) is 2.20. The number of benzene rings is 1. The first-order valence-corrected chi connectivity index (χ1v) is 7.80. The molecule has 1 aromatic carbocycles. The Kier molecular flexibility index (Phi) is 3.88. The molecule has 0 unspecified atom stereocenters. The van der Waals surface area contributed by atoms with E-state index >= 15 is 0 Å². The van der Waals surface area contributed by atoms with Crippen LogP contribution in [0.4, 0.5) is 0 Å². The van der Waals surface area contributed by atoms with Gasteiger partial charge in [-0.3, -0.25) is 0 Å². The van der Waals surface area contributed by atoms with Crippen LogP contribution in [0.1, 0.15) is 19.4 Å². The van der Waals surface area contributed by atoms with Crippen LogP contribution in [0.25, 0.3) is 0 Å². The van der Waals surface area contributed by atoms with Crippen LogP contribution in [0.2, 0.25) is 0 Å². The summed E-state index contributed by atoms with van der Waals surface area (Å²) in [5.74, 6) is -0.433. The molecule has 0 amide bonds. The zero-order chi connectivity index (χ0) is 15.7. The molecule has 0 radical (unpaired) electrons. The lowest BCUT2D eigenvalue weighted by Crippen LogP contribution is -2.30. The molecule has 112 valence electrons. The SMILES string of the molecule is C#CN(CC1=COC(C)(C)O1)S(=O)(=O)c1ccc(C)cc1. The normalized spacial score (nSPS) is 16.4. The van der Waals surface area contributed by atoms with Gasteiger partial charge in [0.1, 0.15) is 12.8 Å². The van der Waals surface area contributed by atoms with E-state index in [1.54, 1.807) is 26.0 Å². The van der Waals surface area contributed by atoms with Crippen molar-refractivity contribution in [1.82, 2.24) is 4.31 Å². The third-order valence-corrected chi connectivity index (χ3v) is 4.59. The van der Waals surface area contributed by atoms with E-state index in [9.17, 15) is 8.42 Å². The van der Waals surface area contributed by atoms with Crippen LogP contribution in [0, 0.1) is 19.4 Å². The molecule has 0 spiro atoms. The predicted molar refractivity (Wildman–Crippen MR) is 78.2 cm³/mol. The number of sulfonamides is 1. The van der Waals surface area contributed by atoms with Gasteiger partial charge in [-0.25, -0.2) is 12.7 Å². The fourth-order valence-electron chi connectivity index (χ4n) is 1.82. The number of aryl methyl sites for hydroxylation is 1.